The quantitative estimate of drug-likeness (QED) is 0.807. The van der Waals surface area contributed by atoms with E-state index in [9.17, 15) is 4.79 Å². The van der Waals surface area contributed by atoms with Gasteiger partial charge in [0.15, 0.2) is 11.5 Å². The molecule has 17 heavy (non-hydrogen) atoms. The van der Waals surface area contributed by atoms with Gasteiger partial charge in [-0.25, -0.2) is 9.78 Å². The Kier molecular flexibility index (Phi) is 2.38. The van der Waals surface area contributed by atoms with E-state index in [0.717, 1.165) is 0 Å². The van der Waals surface area contributed by atoms with Gasteiger partial charge in [0.25, 0.3) is 5.78 Å². The predicted octanol–water partition coefficient (Wildman–Crippen LogP) is 1.43. The van der Waals surface area contributed by atoms with Crippen LogP contribution in [0, 0.1) is 6.92 Å². The zero-order valence-electron chi connectivity index (χ0n) is 10.2. The first-order valence-corrected chi connectivity index (χ1v) is 5.27. The van der Waals surface area contributed by atoms with Gasteiger partial charge in [0.1, 0.15) is 0 Å². The van der Waals surface area contributed by atoms with Crippen molar-refractivity contribution in [3.63, 3.8) is 0 Å². The van der Waals surface area contributed by atoms with Crippen LogP contribution < -0.4 is 0 Å². The maximum Gasteiger partial charge on any atom is 0.354 e. The number of aromatic carboxylic acids is 1. The molecular weight excluding hydrogens is 220 g/mol. The van der Waals surface area contributed by atoms with E-state index in [0.29, 0.717) is 17.3 Å². The van der Waals surface area contributed by atoms with Crippen molar-refractivity contribution in [3.05, 3.63) is 23.3 Å². The molecule has 2 rings (SSSR count). The molecule has 0 radical (unpaired) electrons. The fourth-order valence-corrected chi connectivity index (χ4v) is 1.46. The van der Waals surface area contributed by atoms with E-state index in [1.165, 1.54) is 10.6 Å². The van der Waals surface area contributed by atoms with Crippen LogP contribution in [0.2, 0.25) is 0 Å². The standard InChI is InChI=1S/C11H14N4O2/c1-6-5-7(8(16)17)15-10(12-6)13-9(14-15)11(2,3)4/h5H,1-4H3,(H,16,17). The molecule has 2 aromatic heterocycles. The summed E-state index contributed by atoms with van der Waals surface area (Å²) >= 11 is 0. The third-order valence-corrected chi connectivity index (χ3v) is 2.33. The Morgan fingerprint density at radius 2 is 2.00 bits per heavy atom. The summed E-state index contributed by atoms with van der Waals surface area (Å²) in [5.41, 5.74) is 0.454. The van der Waals surface area contributed by atoms with E-state index in [1.807, 2.05) is 20.8 Å². The predicted molar refractivity (Wildman–Crippen MR) is 61.2 cm³/mol. The van der Waals surface area contributed by atoms with E-state index >= 15 is 0 Å². The number of nitrogens with zero attached hydrogens (tertiary/aromatic N) is 4. The summed E-state index contributed by atoms with van der Waals surface area (Å²) in [5, 5.41) is 13.3. The number of carboxylic acids is 1. The molecule has 2 aromatic rings. The Hall–Kier alpha value is -1.98. The first kappa shape index (κ1) is 11.5. The van der Waals surface area contributed by atoms with Gasteiger partial charge in [-0.2, -0.15) is 9.50 Å². The summed E-state index contributed by atoms with van der Waals surface area (Å²) in [6.45, 7) is 7.64. The van der Waals surface area contributed by atoms with E-state index in [1.54, 1.807) is 6.92 Å². The summed E-state index contributed by atoms with van der Waals surface area (Å²) in [4.78, 5) is 19.6. The van der Waals surface area contributed by atoms with Crippen molar-refractivity contribution >= 4 is 11.7 Å². The molecule has 0 aliphatic carbocycles. The Bertz CT molecular complexity index is 595. The SMILES string of the molecule is Cc1cc(C(=O)O)n2nc(C(C)(C)C)nc2n1. The lowest BCUT2D eigenvalue weighted by atomic mass is 9.96. The van der Waals surface area contributed by atoms with Crippen LogP contribution in [-0.4, -0.2) is 30.7 Å². The lowest BCUT2D eigenvalue weighted by molar-refractivity contribution is 0.0687. The third-order valence-electron chi connectivity index (χ3n) is 2.33. The van der Waals surface area contributed by atoms with E-state index in [2.05, 4.69) is 15.1 Å². The molecule has 0 aliphatic heterocycles. The topological polar surface area (TPSA) is 80.4 Å². The van der Waals surface area contributed by atoms with Crippen molar-refractivity contribution < 1.29 is 9.90 Å². The Balaban J connectivity index is 2.76. The molecule has 0 saturated carbocycles. The summed E-state index contributed by atoms with van der Waals surface area (Å²) in [6, 6.07) is 1.48. The van der Waals surface area contributed by atoms with Gasteiger partial charge in [-0.05, 0) is 13.0 Å². The lowest BCUT2D eigenvalue weighted by Crippen LogP contribution is -2.14. The van der Waals surface area contributed by atoms with Gasteiger partial charge in [-0.3, -0.25) is 0 Å². The summed E-state index contributed by atoms with van der Waals surface area (Å²) < 4.78 is 1.27. The molecule has 6 nitrogen and oxygen atoms in total. The second-order valence-electron chi connectivity index (χ2n) is 4.99. The van der Waals surface area contributed by atoms with Gasteiger partial charge in [0, 0.05) is 11.1 Å². The Morgan fingerprint density at radius 1 is 1.35 bits per heavy atom. The van der Waals surface area contributed by atoms with Crippen LogP contribution in [0.3, 0.4) is 0 Å². The fraction of sp³-hybridized carbons (Fsp3) is 0.455. The van der Waals surface area contributed by atoms with Gasteiger partial charge in [-0.15, -0.1) is 5.10 Å². The number of hydrogen-bond donors (Lipinski definition) is 1. The minimum Gasteiger partial charge on any atom is -0.477 e. The molecule has 1 N–H and O–H groups in total. The van der Waals surface area contributed by atoms with Crippen molar-refractivity contribution in [2.75, 3.05) is 0 Å². The number of aromatic nitrogens is 4. The Morgan fingerprint density at radius 3 is 2.53 bits per heavy atom. The number of carbonyl (C=O) groups is 1. The highest BCUT2D eigenvalue weighted by atomic mass is 16.4. The first-order valence-electron chi connectivity index (χ1n) is 5.27. The van der Waals surface area contributed by atoms with Crippen molar-refractivity contribution in [2.24, 2.45) is 0 Å². The molecule has 0 amide bonds. The van der Waals surface area contributed by atoms with Crippen LogP contribution >= 0.6 is 0 Å². The average molecular weight is 234 g/mol. The molecular formula is C11H14N4O2. The minimum absolute atomic E-state index is 0.0792. The molecule has 0 aromatic carbocycles. The number of aryl methyl sites for hydroxylation is 1. The maximum absolute atomic E-state index is 11.1. The molecule has 6 heteroatoms. The van der Waals surface area contributed by atoms with Gasteiger partial charge in [-0.1, -0.05) is 20.8 Å². The van der Waals surface area contributed by atoms with Crippen LogP contribution in [0.5, 0.6) is 0 Å². The smallest absolute Gasteiger partial charge is 0.354 e. The zero-order chi connectivity index (χ0) is 12.8. The van der Waals surface area contributed by atoms with Crippen LogP contribution in [0.4, 0.5) is 0 Å². The van der Waals surface area contributed by atoms with Crippen LogP contribution in [-0.2, 0) is 5.41 Å². The summed E-state index contributed by atoms with van der Waals surface area (Å²) in [5.74, 6) is -0.128. The van der Waals surface area contributed by atoms with Crippen molar-refractivity contribution in [1.29, 1.82) is 0 Å². The number of rotatable bonds is 1. The highest BCUT2D eigenvalue weighted by Crippen LogP contribution is 2.19. The Labute approximate surface area is 98.3 Å². The van der Waals surface area contributed by atoms with Crippen molar-refractivity contribution in [1.82, 2.24) is 19.6 Å². The zero-order valence-corrected chi connectivity index (χ0v) is 10.2. The summed E-state index contributed by atoms with van der Waals surface area (Å²) in [6.07, 6.45) is 0. The third kappa shape index (κ3) is 1.98. The van der Waals surface area contributed by atoms with Crippen LogP contribution in [0.1, 0.15) is 42.8 Å². The van der Waals surface area contributed by atoms with Gasteiger partial charge in [0.05, 0.1) is 0 Å². The van der Waals surface area contributed by atoms with Gasteiger partial charge in [0.2, 0.25) is 0 Å². The largest absolute Gasteiger partial charge is 0.477 e. The normalized spacial score (nSPS) is 12.0. The molecule has 2 heterocycles. The monoisotopic (exact) mass is 234 g/mol. The molecule has 0 unspecified atom stereocenters. The van der Waals surface area contributed by atoms with Crippen molar-refractivity contribution in [2.45, 2.75) is 33.1 Å². The first-order chi connectivity index (χ1) is 7.79. The molecule has 0 saturated heterocycles. The molecule has 0 atom stereocenters. The fourth-order valence-electron chi connectivity index (χ4n) is 1.46. The van der Waals surface area contributed by atoms with E-state index in [-0.39, 0.29) is 11.1 Å². The van der Waals surface area contributed by atoms with Crippen molar-refractivity contribution in [3.8, 4) is 0 Å². The minimum atomic E-state index is -1.04. The van der Waals surface area contributed by atoms with Gasteiger partial charge < -0.3 is 5.11 Å². The second-order valence-corrected chi connectivity index (χ2v) is 4.99. The van der Waals surface area contributed by atoms with E-state index in [4.69, 9.17) is 5.11 Å². The van der Waals surface area contributed by atoms with Crippen LogP contribution in [0.25, 0.3) is 5.78 Å². The number of carboxylic acid groups (broad SMARTS) is 1. The average Bonchev–Trinajstić information content (AvgIpc) is 2.58. The highest BCUT2D eigenvalue weighted by Gasteiger charge is 2.22. The van der Waals surface area contributed by atoms with Crippen LogP contribution in [0.15, 0.2) is 6.07 Å². The number of fused-ring (bicyclic) bond motifs is 1. The highest BCUT2D eigenvalue weighted by molar-refractivity contribution is 5.86. The second kappa shape index (κ2) is 3.51. The molecule has 0 spiro atoms. The molecule has 0 fully saturated rings. The lowest BCUT2D eigenvalue weighted by Gasteiger charge is -2.11. The summed E-state index contributed by atoms with van der Waals surface area (Å²) in [7, 11) is 0. The molecule has 0 aliphatic rings. The molecule has 90 valence electrons. The number of hydrogen-bond acceptors (Lipinski definition) is 4. The molecule has 0 bridgehead atoms. The van der Waals surface area contributed by atoms with Gasteiger partial charge >= 0.3 is 5.97 Å². The maximum atomic E-state index is 11.1. The van der Waals surface area contributed by atoms with E-state index < -0.39 is 5.97 Å².